The van der Waals surface area contributed by atoms with Crippen LogP contribution in [0.15, 0.2) is 64.7 Å². The molecule has 0 amide bonds. The number of benzene rings is 2. The summed E-state index contributed by atoms with van der Waals surface area (Å²) in [6, 6.07) is 13.8. The first-order valence-electron chi connectivity index (χ1n) is 9.31. The van der Waals surface area contributed by atoms with Gasteiger partial charge < -0.3 is 5.11 Å². The van der Waals surface area contributed by atoms with E-state index in [-0.39, 0.29) is 10.8 Å². The normalized spacial score (nSPS) is 15.2. The van der Waals surface area contributed by atoms with Gasteiger partial charge in [-0.3, -0.25) is 4.90 Å². The predicted molar refractivity (Wildman–Crippen MR) is 125 cm³/mol. The van der Waals surface area contributed by atoms with Crippen molar-refractivity contribution in [3.8, 4) is 5.75 Å². The molecule has 29 heavy (non-hydrogen) atoms. The SMILES string of the molecule is Oc1c(Cl)cc(Cl)c2ccc(C=CC3=CCN(Cc4ccc(Br)cc4)CC3)nc12. The van der Waals surface area contributed by atoms with E-state index in [2.05, 4.69) is 62.2 Å². The Hall–Kier alpha value is -1.85. The number of allylic oxidation sites excluding steroid dienone is 1. The molecule has 0 aliphatic carbocycles. The van der Waals surface area contributed by atoms with E-state index in [1.807, 2.05) is 18.2 Å². The van der Waals surface area contributed by atoms with Crippen molar-refractivity contribution in [1.82, 2.24) is 9.88 Å². The van der Waals surface area contributed by atoms with Crippen LogP contribution in [0.25, 0.3) is 17.0 Å². The zero-order chi connectivity index (χ0) is 20.4. The summed E-state index contributed by atoms with van der Waals surface area (Å²) >= 11 is 15.7. The molecule has 3 nitrogen and oxygen atoms in total. The first-order valence-corrected chi connectivity index (χ1v) is 10.9. The van der Waals surface area contributed by atoms with Crippen LogP contribution in [0.3, 0.4) is 0 Å². The summed E-state index contributed by atoms with van der Waals surface area (Å²) in [6.07, 6.45) is 7.30. The number of fused-ring (bicyclic) bond motifs is 1. The minimum absolute atomic E-state index is 0.0400. The lowest BCUT2D eigenvalue weighted by Crippen LogP contribution is -2.27. The Morgan fingerprint density at radius 3 is 2.59 bits per heavy atom. The zero-order valence-corrected chi connectivity index (χ0v) is 18.7. The highest BCUT2D eigenvalue weighted by Crippen LogP contribution is 2.36. The summed E-state index contributed by atoms with van der Waals surface area (Å²) in [5.41, 5.74) is 3.78. The number of aromatic nitrogens is 1. The Kier molecular flexibility index (Phi) is 6.26. The van der Waals surface area contributed by atoms with Crippen molar-refractivity contribution >= 4 is 56.1 Å². The van der Waals surface area contributed by atoms with Crippen LogP contribution in [0.1, 0.15) is 17.7 Å². The molecule has 2 heterocycles. The van der Waals surface area contributed by atoms with E-state index < -0.39 is 0 Å². The van der Waals surface area contributed by atoms with Gasteiger partial charge in [-0.25, -0.2) is 4.98 Å². The molecule has 6 heteroatoms. The fraction of sp³-hybridized carbons (Fsp3) is 0.174. The summed E-state index contributed by atoms with van der Waals surface area (Å²) in [5, 5.41) is 11.6. The van der Waals surface area contributed by atoms with E-state index in [4.69, 9.17) is 23.2 Å². The van der Waals surface area contributed by atoms with Crippen molar-refractivity contribution in [1.29, 1.82) is 0 Å². The molecule has 148 valence electrons. The molecule has 2 aromatic carbocycles. The summed E-state index contributed by atoms with van der Waals surface area (Å²) in [4.78, 5) is 6.94. The third kappa shape index (κ3) is 4.84. The minimum atomic E-state index is -0.0400. The molecule has 0 radical (unpaired) electrons. The molecule has 0 atom stereocenters. The third-order valence-corrected chi connectivity index (χ3v) is 6.12. The van der Waals surface area contributed by atoms with Crippen LogP contribution < -0.4 is 0 Å². The average molecular weight is 490 g/mol. The van der Waals surface area contributed by atoms with Gasteiger partial charge in [-0.2, -0.15) is 0 Å². The smallest absolute Gasteiger partial charge is 0.160 e. The Morgan fingerprint density at radius 2 is 1.86 bits per heavy atom. The van der Waals surface area contributed by atoms with E-state index in [0.717, 1.165) is 36.2 Å². The number of hydrogen-bond acceptors (Lipinski definition) is 3. The number of halogens is 3. The van der Waals surface area contributed by atoms with Gasteiger partial charge in [-0.15, -0.1) is 0 Å². The monoisotopic (exact) mass is 488 g/mol. The molecule has 1 aromatic heterocycles. The Labute approximate surface area is 188 Å². The molecular weight excluding hydrogens is 471 g/mol. The molecule has 0 saturated carbocycles. The molecular formula is C23H19BrCl2N2O. The largest absolute Gasteiger partial charge is 0.504 e. The second-order valence-corrected chi connectivity index (χ2v) is 8.78. The van der Waals surface area contributed by atoms with Crippen molar-refractivity contribution in [2.45, 2.75) is 13.0 Å². The summed E-state index contributed by atoms with van der Waals surface area (Å²) in [5.74, 6) is -0.0400. The lowest BCUT2D eigenvalue weighted by molar-refractivity contribution is 0.287. The first-order chi connectivity index (χ1) is 14.0. The van der Waals surface area contributed by atoms with Gasteiger partial charge in [0.1, 0.15) is 5.52 Å². The fourth-order valence-corrected chi connectivity index (χ4v) is 4.15. The van der Waals surface area contributed by atoms with Gasteiger partial charge in [-0.1, -0.05) is 63.4 Å². The number of aromatic hydroxyl groups is 1. The topological polar surface area (TPSA) is 36.4 Å². The zero-order valence-electron chi connectivity index (χ0n) is 15.6. The molecule has 0 bridgehead atoms. The summed E-state index contributed by atoms with van der Waals surface area (Å²) in [6.45, 7) is 2.89. The Balaban J connectivity index is 1.45. The molecule has 0 spiro atoms. The van der Waals surface area contributed by atoms with Gasteiger partial charge >= 0.3 is 0 Å². The van der Waals surface area contributed by atoms with Crippen LogP contribution in [0.5, 0.6) is 5.75 Å². The molecule has 0 unspecified atom stereocenters. The first kappa shape index (κ1) is 20.4. The predicted octanol–water partition coefficient (Wildman–Crippen LogP) is 6.86. The molecule has 1 N–H and O–H groups in total. The van der Waals surface area contributed by atoms with E-state index >= 15 is 0 Å². The summed E-state index contributed by atoms with van der Waals surface area (Å²) < 4.78 is 1.10. The maximum atomic E-state index is 10.2. The third-order valence-electron chi connectivity index (χ3n) is 4.99. The maximum absolute atomic E-state index is 10.2. The Morgan fingerprint density at radius 1 is 1.07 bits per heavy atom. The second kappa shape index (κ2) is 8.88. The van der Waals surface area contributed by atoms with Crippen molar-refractivity contribution < 1.29 is 5.11 Å². The Bertz CT molecular complexity index is 1110. The molecule has 1 aliphatic rings. The average Bonchev–Trinajstić information content (AvgIpc) is 2.73. The van der Waals surface area contributed by atoms with Crippen LogP contribution in [0, 0.1) is 0 Å². The second-order valence-electron chi connectivity index (χ2n) is 7.05. The van der Waals surface area contributed by atoms with Gasteiger partial charge in [-0.05, 0) is 54.0 Å². The van der Waals surface area contributed by atoms with Gasteiger partial charge in [0.25, 0.3) is 0 Å². The molecule has 4 rings (SSSR count). The molecule has 3 aromatic rings. The number of hydrogen-bond donors (Lipinski definition) is 1. The number of phenolic OH excluding ortho intramolecular Hbond substituents is 1. The maximum Gasteiger partial charge on any atom is 0.160 e. The van der Waals surface area contributed by atoms with Crippen LogP contribution in [0.2, 0.25) is 10.0 Å². The van der Waals surface area contributed by atoms with Gasteiger partial charge in [0, 0.05) is 29.5 Å². The van der Waals surface area contributed by atoms with Crippen molar-refractivity contribution in [2.24, 2.45) is 0 Å². The van der Waals surface area contributed by atoms with Crippen molar-refractivity contribution in [3.63, 3.8) is 0 Å². The number of rotatable bonds is 4. The highest BCUT2D eigenvalue weighted by atomic mass is 79.9. The molecule has 0 fully saturated rings. The van der Waals surface area contributed by atoms with Crippen LogP contribution >= 0.6 is 39.1 Å². The van der Waals surface area contributed by atoms with E-state index in [9.17, 15) is 5.11 Å². The van der Waals surface area contributed by atoms with Crippen molar-refractivity contribution in [3.05, 3.63) is 86.0 Å². The lowest BCUT2D eigenvalue weighted by Gasteiger charge is -2.25. The standard InChI is InChI=1S/C23H19BrCl2N2O/c24-17-4-1-16(2-5-17)14-28-11-9-15(10-12-28)3-6-18-7-8-19-20(25)13-21(26)23(29)22(19)27-18/h1-9,13,29H,10-12,14H2. The number of phenols is 1. The van der Waals surface area contributed by atoms with Crippen molar-refractivity contribution in [2.75, 3.05) is 13.1 Å². The minimum Gasteiger partial charge on any atom is -0.504 e. The highest BCUT2D eigenvalue weighted by Gasteiger charge is 2.12. The van der Waals surface area contributed by atoms with Gasteiger partial charge in [0.2, 0.25) is 0 Å². The van der Waals surface area contributed by atoms with Gasteiger partial charge in [0.05, 0.1) is 15.7 Å². The fourth-order valence-electron chi connectivity index (χ4n) is 3.37. The van der Waals surface area contributed by atoms with Crippen LogP contribution in [-0.2, 0) is 6.54 Å². The summed E-state index contributed by atoms with van der Waals surface area (Å²) in [7, 11) is 0. The number of pyridine rings is 1. The van der Waals surface area contributed by atoms with E-state index in [1.165, 1.54) is 17.2 Å². The highest BCUT2D eigenvalue weighted by molar-refractivity contribution is 9.10. The van der Waals surface area contributed by atoms with Crippen LogP contribution in [-0.4, -0.2) is 28.1 Å². The molecule has 0 saturated heterocycles. The van der Waals surface area contributed by atoms with Gasteiger partial charge in [0.15, 0.2) is 5.75 Å². The molecule has 1 aliphatic heterocycles. The van der Waals surface area contributed by atoms with E-state index in [1.54, 1.807) is 0 Å². The lowest BCUT2D eigenvalue weighted by atomic mass is 10.1. The number of nitrogens with zero attached hydrogens (tertiary/aromatic N) is 2. The van der Waals surface area contributed by atoms with E-state index in [0.29, 0.717) is 15.9 Å². The van der Waals surface area contributed by atoms with Crippen LogP contribution in [0.4, 0.5) is 0 Å². The quantitative estimate of drug-likeness (QED) is 0.435.